The number of nitrogens with one attached hydrogen (secondary N) is 2. The van der Waals surface area contributed by atoms with Gasteiger partial charge in [0.1, 0.15) is 5.82 Å². The lowest BCUT2D eigenvalue weighted by Crippen LogP contribution is -2.37. The maximum Gasteiger partial charge on any atom is 0.210 e. The quantitative estimate of drug-likeness (QED) is 0.249. The molecule has 0 amide bonds. The van der Waals surface area contributed by atoms with Crippen molar-refractivity contribution in [3.05, 3.63) is 27.6 Å². The van der Waals surface area contributed by atoms with Gasteiger partial charge in [0.2, 0.25) is 5.96 Å². The number of hydrazine groups is 1. The van der Waals surface area contributed by atoms with Gasteiger partial charge in [-0.25, -0.2) is 15.2 Å². The fraction of sp³-hybridized carbons (Fsp3) is 0.417. The molecule has 0 spiro atoms. The number of rotatable bonds is 2. The first-order valence-corrected chi connectivity index (χ1v) is 7.04. The second-order valence-corrected chi connectivity index (χ2v) is 5.37. The minimum Gasteiger partial charge on any atom is -0.324 e. The summed E-state index contributed by atoms with van der Waals surface area (Å²) >= 11 is 1.96. The Bertz CT molecular complexity index is 444. The summed E-state index contributed by atoms with van der Waals surface area (Å²) in [6.45, 7) is 0. The van der Waals surface area contributed by atoms with E-state index >= 15 is 0 Å². The first kappa shape index (κ1) is 13.5. The van der Waals surface area contributed by atoms with Crippen molar-refractivity contribution in [3.8, 4) is 0 Å². The minimum atomic E-state index is -0.252. The zero-order chi connectivity index (χ0) is 13.0. The molecule has 0 aliphatic heterocycles. The summed E-state index contributed by atoms with van der Waals surface area (Å²) in [7, 11) is 0. The van der Waals surface area contributed by atoms with Crippen LogP contribution in [0, 0.1) is 9.39 Å². The topological polar surface area (TPSA) is 62.4 Å². The van der Waals surface area contributed by atoms with Crippen LogP contribution >= 0.6 is 22.6 Å². The van der Waals surface area contributed by atoms with Crippen molar-refractivity contribution in [2.24, 2.45) is 10.8 Å². The Morgan fingerprint density at radius 3 is 2.78 bits per heavy atom. The fourth-order valence-corrected chi connectivity index (χ4v) is 2.54. The molecule has 1 aliphatic carbocycles. The lowest BCUT2D eigenvalue weighted by Gasteiger charge is -2.13. The molecule has 4 N–H and O–H groups in total. The third kappa shape index (κ3) is 3.32. The van der Waals surface area contributed by atoms with Crippen molar-refractivity contribution in [1.82, 2.24) is 5.43 Å². The van der Waals surface area contributed by atoms with Gasteiger partial charge in [0, 0.05) is 0 Å². The lowest BCUT2D eigenvalue weighted by molar-refractivity contribution is 0.621. The van der Waals surface area contributed by atoms with E-state index in [9.17, 15) is 4.39 Å². The minimum absolute atomic E-state index is 0.252. The average Bonchev–Trinajstić information content (AvgIpc) is 2.86. The van der Waals surface area contributed by atoms with Crippen molar-refractivity contribution < 1.29 is 4.39 Å². The highest BCUT2D eigenvalue weighted by molar-refractivity contribution is 14.1. The van der Waals surface area contributed by atoms with Crippen LogP contribution in [0.25, 0.3) is 0 Å². The molecule has 0 heterocycles. The number of halogens is 2. The molecule has 1 saturated carbocycles. The third-order valence-corrected chi connectivity index (χ3v) is 4.07. The second-order valence-electron chi connectivity index (χ2n) is 4.29. The van der Waals surface area contributed by atoms with Gasteiger partial charge in [-0.2, -0.15) is 0 Å². The van der Waals surface area contributed by atoms with Gasteiger partial charge in [0.15, 0.2) is 0 Å². The van der Waals surface area contributed by atoms with E-state index in [-0.39, 0.29) is 5.82 Å². The zero-order valence-electron chi connectivity index (χ0n) is 9.92. The largest absolute Gasteiger partial charge is 0.324 e. The van der Waals surface area contributed by atoms with Crippen LogP contribution in [0.2, 0.25) is 0 Å². The molecule has 4 nitrogen and oxygen atoms in total. The summed E-state index contributed by atoms with van der Waals surface area (Å²) in [5.41, 5.74) is 3.21. The molecule has 0 aromatic heterocycles. The van der Waals surface area contributed by atoms with Crippen LogP contribution in [-0.2, 0) is 0 Å². The molecule has 98 valence electrons. The Kier molecular flexibility index (Phi) is 4.76. The molecular formula is C12H16FIN4. The molecule has 0 radical (unpaired) electrons. The molecule has 0 atom stereocenters. The summed E-state index contributed by atoms with van der Waals surface area (Å²) in [5, 5.41) is 3.03. The Morgan fingerprint density at radius 2 is 2.11 bits per heavy atom. The van der Waals surface area contributed by atoms with Gasteiger partial charge in [0.05, 0.1) is 15.3 Å². The standard InChI is InChI=1S/C12H16FIN4/c13-9-6-3-7-10(11(9)14)17-12(18-15)16-8-4-1-2-5-8/h3,6-8H,1-2,4-5,15H2,(H2,16,17,18). The monoisotopic (exact) mass is 362 g/mol. The second kappa shape index (κ2) is 6.33. The molecule has 1 aliphatic rings. The van der Waals surface area contributed by atoms with E-state index in [1.165, 1.54) is 18.9 Å². The number of hydrogen-bond donors (Lipinski definition) is 3. The van der Waals surface area contributed by atoms with E-state index < -0.39 is 0 Å². The zero-order valence-corrected chi connectivity index (χ0v) is 12.1. The Hall–Kier alpha value is -0.890. The highest BCUT2D eigenvalue weighted by atomic mass is 127. The molecule has 0 unspecified atom stereocenters. The molecule has 1 aromatic rings. The summed E-state index contributed by atoms with van der Waals surface area (Å²) in [5.74, 6) is 5.69. The maximum atomic E-state index is 13.4. The predicted octanol–water partition coefficient (Wildman–Crippen LogP) is 2.60. The van der Waals surface area contributed by atoms with Crippen LogP contribution < -0.4 is 16.6 Å². The first-order chi connectivity index (χ1) is 8.70. The van der Waals surface area contributed by atoms with Crippen molar-refractivity contribution in [2.45, 2.75) is 31.7 Å². The van der Waals surface area contributed by atoms with Crippen molar-refractivity contribution in [3.63, 3.8) is 0 Å². The summed E-state index contributed by atoms with van der Waals surface area (Å²) in [6, 6.07) is 5.20. The molecule has 1 aromatic carbocycles. The van der Waals surface area contributed by atoms with E-state index in [0.29, 0.717) is 21.3 Å². The number of anilines is 1. The number of hydrogen-bond acceptors (Lipinski definition) is 2. The smallest absolute Gasteiger partial charge is 0.210 e. The van der Waals surface area contributed by atoms with Crippen LogP contribution in [0.3, 0.4) is 0 Å². The average molecular weight is 362 g/mol. The number of guanidine groups is 1. The number of nitrogens with zero attached hydrogens (tertiary/aromatic N) is 1. The molecule has 0 bridgehead atoms. The highest BCUT2D eigenvalue weighted by Gasteiger charge is 2.15. The fourth-order valence-electron chi connectivity index (χ4n) is 2.05. The van der Waals surface area contributed by atoms with Gasteiger partial charge < -0.3 is 5.32 Å². The normalized spacial score (nSPS) is 16.9. The van der Waals surface area contributed by atoms with Gasteiger partial charge in [-0.05, 0) is 47.6 Å². The summed E-state index contributed by atoms with van der Waals surface area (Å²) in [4.78, 5) is 4.50. The number of nitrogens with two attached hydrogens (primary N) is 1. The molecule has 2 rings (SSSR count). The van der Waals surface area contributed by atoms with Gasteiger partial charge in [0.25, 0.3) is 0 Å². The van der Waals surface area contributed by atoms with Crippen LogP contribution in [0.15, 0.2) is 23.2 Å². The molecule has 6 heteroatoms. The van der Waals surface area contributed by atoms with E-state index in [2.05, 4.69) is 15.7 Å². The predicted molar refractivity (Wildman–Crippen MR) is 79.8 cm³/mol. The van der Waals surface area contributed by atoms with E-state index in [1.54, 1.807) is 12.1 Å². The SMILES string of the molecule is NNC(=NC1CCCC1)Nc1cccc(F)c1I. The third-order valence-electron chi connectivity index (χ3n) is 2.98. The molecule has 1 fully saturated rings. The Morgan fingerprint density at radius 1 is 1.39 bits per heavy atom. The van der Waals surface area contributed by atoms with E-state index in [1.807, 2.05) is 22.6 Å². The van der Waals surface area contributed by atoms with Gasteiger partial charge in [-0.15, -0.1) is 0 Å². The van der Waals surface area contributed by atoms with Crippen LogP contribution in [0.5, 0.6) is 0 Å². The highest BCUT2D eigenvalue weighted by Crippen LogP contribution is 2.23. The van der Waals surface area contributed by atoms with Crippen molar-refractivity contribution >= 4 is 34.2 Å². The van der Waals surface area contributed by atoms with Crippen molar-refractivity contribution in [2.75, 3.05) is 5.32 Å². The Balaban J connectivity index is 2.12. The summed E-state index contributed by atoms with van der Waals surface area (Å²) in [6.07, 6.45) is 4.60. The van der Waals surface area contributed by atoms with E-state index in [0.717, 1.165) is 12.8 Å². The maximum absolute atomic E-state index is 13.4. The first-order valence-electron chi connectivity index (χ1n) is 5.96. The van der Waals surface area contributed by atoms with Gasteiger partial charge >= 0.3 is 0 Å². The lowest BCUT2D eigenvalue weighted by atomic mass is 10.3. The van der Waals surface area contributed by atoms with Gasteiger partial charge in [-0.3, -0.25) is 5.43 Å². The van der Waals surface area contributed by atoms with Crippen LogP contribution in [0.1, 0.15) is 25.7 Å². The number of aliphatic imine (C=N–C) groups is 1. The van der Waals surface area contributed by atoms with Crippen molar-refractivity contribution in [1.29, 1.82) is 0 Å². The summed E-state index contributed by atoms with van der Waals surface area (Å²) < 4.78 is 13.9. The van der Waals surface area contributed by atoms with E-state index in [4.69, 9.17) is 5.84 Å². The van der Waals surface area contributed by atoms with Crippen LogP contribution in [-0.4, -0.2) is 12.0 Å². The molecule has 0 saturated heterocycles. The number of benzene rings is 1. The van der Waals surface area contributed by atoms with Crippen LogP contribution in [0.4, 0.5) is 10.1 Å². The molecular weight excluding hydrogens is 346 g/mol. The van der Waals surface area contributed by atoms with Gasteiger partial charge in [-0.1, -0.05) is 18.9 Å². The molecule has 18 heavy (non-hydrogen) atoms. The Labute approximate surface area is 119 Å².